The number of carbonyl (C=O) groups excluding carboxylic acids is 12. The monoisotopic (exact) mass is 1450 g/mol. The van der Waals surface area contributed by atoms with Crippen molar-refractivity contribution in [3.05, 3.63) is 145 Å². The molecule has 0 aliphatic rings. The number of hydrogen-bond donors (Lipinski definition) is 8. The van der Waals surface area contributed by atoms with Crippen molar-refractivity contribution in [3.8, 4) is 0 Å². The molecular weight excluding hydrogens is 1350 g/mol. The van der Waals surface area contributed by atoms with Gasteiger partial charge >= 0.3 is 6.18 Å². The van der Waals surface area contributed by atoms with E-state index < -0.39 is 95.2 Å². The Labute approximate surface area is 602 Å². The van der Waals surface area contributed by atoms with E-state index in [1.807, 2.05) is 113 Å². The summed E-state index contributed by atoms with van der Waals surface area (Å²) >= 11 is 0. The van der Waals surface area contributed by atoms with Crippen LogP contribution in [0, 0.1) is 35.5 Å². The number of Topliss-reactive ketones (excluding diaryl/α,β-unsaturated/α-hetero) is 5. The molecule has 0 bridgehead atoms. The Balaban J connectivity index is 0.00000258. The lowest BCUT2D eigenvalue weighted by molar-refractivity contribution is -0.344. The van der Waals surface area contributed by atoms with Crippen molar-refractivity contribution < 1.29 is 75.8 Å². The number of alkyl halides is 3. The Morgan fingerprint density at radius 2 is 1.16 bits per heavy atom. The van der Waals surface area contributed by atoms with Crippen LogP contribution in [0.1, 0.15) is 173 Å². The van der Waals surface area contributed by atoms with E-state index in [-0.39, 0.29) is 123 Å². The van der Waals surface area contributed by atoms with Crippen LogP contribution in [-0.2, 0) is 76.5 Å². The van der Waals surface area contributed by atoms with Crippen LogP contribution in [0.5, 0.6) is 0 Å². The molecule has 10 N–H and O–H groups in total. The molecule has 0 spiro atoms. The van der Waals surface area contributed by atoms with E-state index in [2.05, 4.69) is 60.5 Å². The zero-order valence-corrected chi connectivity index (χ0v) is 60.4. The molecular formula is C77H98F3N9O13S. The number of benzene rings is 4. The summed E-state index contributed by atoms with van der Waals surface area (Å²) in [6, 6.07) is 31.7. The van der Waals surface area contributed by atoms with Gasteiger partial charge in [-0.3, -0.25) is 52.7 Å². The molecule has 556 valence electrons. The van der Waals surface area contributed by atoms with Crippen LogP contribution in [0.15, 0.2) is 143 Å². The highest BCUT2D eigenvalue weighted by atomic mass is 32.2. The first-order chi connectivity index (χ1) is 48.8. The van der Waals surface area contributed by atoms with Gasteiger partial charge < -0.3 is 52.6 Å². The molecule has 2 aromatic heterocycles. The molecule has 0 unspecified atom stereocenters. The molecule has 6 amide bonds. The summed E-state index contributed by atoms with van der Waals surface area (Å²) in [6.45, 7) is 12.8. The number of H-pyrrole nitrogens is 2. The van der Waals surface area contributed by atoms with Crippen LogP contribution in [0.2, 0.25) is 0 Å². The molecule has 22 nitrogen and oxygen atoms in total. The van der Waals surface area contributed by atoms with Gasteiger partial charge in [0.25, 0.3) is 0 Å². The number of carboxylic acid groups (broad SMARTS) is 1. The van der Waals surface area contributed by atoms with E-state index in [9.17, 15) is 65.9 Å². The number of carboxylic acids is 1. The summed E-state index contributed by atoms with van der Waals surface area (Å²) < 4.78 is 31.5. The van der Waals surface area contributed by atoms with E-state index in [0.29, 0.717) is 55.3 Å². The first-order valence-corrected chi connectivity index (χ1v) is 36.2. The number of imidazole rings is 1. The number of ketones is 5. The van der Waals surface area contributed by atoms with Crippen LogP contribution in [-0.4, -0.2) is 116 Å². The number of aliphatic carboxylic acids is 1. The fourth-order valence-electron chi connectivity index (χ4n) is 11.9. The number of aromatic nitrogens is 3. The number of aromatic amines is 2. The van der Waals surface area contributed by atoms with Crippen LogP contribution in [0.25, 0.3) is 10.9 Å². The topological polar surface area (TPSA) is 373 Å². The van der Waals surface area contributed by atoms with Gasteiger partial charge in [0.15, 0.2) is 37.8 Å². The summed E-state index contributed by atoms with van der Waals surface area (Å²) in [4.78, 5) is 171. The summed E-state index contributed by atoms with van der Waals surface area (Å²) in [7, 11) is -0.352. The molecule has 0 radical (unpaired) electrons. The maximum absolute atomic E-state index is 14.5. The van der Waals surface area contributed by atoms with Gasteiger partial charge in [0.1, 0.15) is 17.8 Å². The normalized spacial score (nSPS) is 13.8. The molecule has 0 fully saturated rings. The van der Waals surface area contributed by atoms with Crippen molar-refractivity contribution >= 4 is 92.1 Å². The predicted molar refractivity (Wildman–Crippen MR) is 382 cm³/mol. The average Bonchev–Trinajstić information content (AvgIpc) is 1.44. The Hall–Kier alpha value is -9.59. The molecule has 6 rings (SSSR count). The van der Waals surface area contributed by atoms with Crippen LogP contribution in [0.3, 0.4) is 0 Å². The summed E-state index contributed by atoms with van der Waals surface area (Å²) in [5.74, 6) is -10.5. The minimum atomic E-state index is -5.19. The number of amides is 6. The number of nitrogens with two attached hydrogens (primary N) is 2. The van der Waals surface area contributed by atoms with E-state index in [1.165, 1.54) is 23.0 Å². The molecule has 8 atom stereocenters. The summed E-state index contributed by atoms with van der Waals surface area (Å²) in [5.41, 5.74) is 13.8. The SMILES string of the molecule is CC[C@H](C)[C@@H](CCC(=O)N[C@@H](CC(C)C)C(N)=O)CC(=O)[C@H](Cc1cnc[nH]1)NC(=O)CCC(=O)[C@@H](NC(=O)[C@H](C)CC(=O)[C@H](Cc1c[nH]c2ccccc12)NC(=O)[C@H](CCC(N)=O)CC(=O)CCCCCC(=O)c1ccc([S+](c2ccccc2)c2ccccc2)cc1)C(C)C.O=C([O-])C(F)(F)F. The lowest BCUT2D eigenvalue weighted by Crippen LogP contribution is -2.49. The molecule has 26 heteroatoms. The molecule has 2 heterocycles. The van der Waals surface area contributed by atoms with Crippen molar-refractivity contribution in [1.29, 1.82) is 0 Å². The lowest BCUT2D eigenvalue weighted by Gasteiger charge is -2.26. The highest BCUT2D eigenvalue weighted by molar-refractivity contribution is 7.97. The third-order valence-corrected chi connectivity index (χ3v) is 20.2. The second-order valence-electron chi connectivity index (χ2n) is 27.0. The second-order valence-corrected chi connectivity index (χ2v) is 29.0. The third-order valence-electron chi connectivity index (χ3n) is 18.0. The number of fused-ring (bicyclic) bond motifs is 1. The van der Waals surface area contributed by atoms with Crippen molar-refractivity contribution in [3.63, 3.8) is 0 Å². The molecule has 4 aromatic carbocycles. The summed E-state index contributed by atoms with van der Waals surface area (Å²) in [6.07, 6.45) is 1.83. The quantitative estimate of drug-likeness (QED) is 0.0100. The van der Waals surface area contributed by atoms with Crippen molar-refractivity contribution in [2.24, 2.45) is 47.0 Å². The van der Waals surface area contributed by atoms with Crippen molar-refractivity contribution in [2.45, 2.75) is 209 Å². The Bertz CT molecular complexity index is 3750. The first-order valence-electron chi connectivity index (χ1n) is 35.0. The molecule has 6 aromatic rings. The van der Waals surface area contributed by atoms with E-state index in [4.69, 9.17) is 21.4 Å². The number of carbonyl (C=O) groups is 12. The van der Waals surface area contributed by atoms with E-state index in [1.54, 1.807) is 26.2 Å². The Morgan fingerprint density at radius 3 is 1.73 bits per heavy atom. The van der Waals surface area contributed by atoms with Gasteiger partial charge in [0.05, 0.1) is 35.3 Å². The summed E-state index contributed by atoms with van der Waals surface area (Å²) in [5, 5.41) is 20.8. The van der Waals surface area contributed by atoms with Gasteiger partial charge in [-0.25, -0.2) is 4.98 Å². The number of nitrogens with zero attached hydrogens (tertiary/aromatic N) is 1. The molecule has 0 aliphatic carbocycles. The van der Waals surface area contributed by atoms with E-state index in [0.717, 1.165) is 22.2 Å². The smallest absolute Gasteiger partial charge is 0.430 e. The first kappa shape index (κ1) is 84.1. The highest BCUT2D eigenvalue weighted by Crippen LogP contribution is 2.32. The fraction of sp³-hybridized carbons (Fsp3) is 0.468. The van der Waals surface area contributed by atoms with Gasteiger partial charge in [0, 0.05) is 117 Å². The maximum atomic E-state index is 14.5. The van der Waals surface area contributed by atoms with Gasteiger partial charge in [-0.05, 0) is 116 Å². The van der Waals surface area contributed by atoms with Crippen LogP contribution < -0.4 is 37.8 Å². The molecule has 103 heavy (non-hydrogen) atoms. The third kappa shape index (κ3) is 28.6. The highest BCUT2D eigenvalue weighted by Gasteiger charge is 2.35. The number of unbranched alkanes of at least 4 members (excludes halogenated alkanes) is 2. The standard InChI is InChI=1S/C75H97N9O11S.C2HF3O2/c1-8-49(6)52(31-36-70(91)82-64(73(77)93)38-47(2)3)42-68(89)63(43-55-45-78-46-80-55)81-71(92)37-34-66(87)72(48(4)5)84-74(94)50(7)39-67(88)62(41-54-44-79-61-26-19-18-25-60(54)61)83-75(95)53(30-35-69(76)90)40-56(85)20-12-9-17-27-65(86)51-28-32-59(33-29-51)96(57-21-13-10-14-22-57)58-23-15-11-16-24-58;3-2(4,5)1(6)7/h10-11,13-16,18-19,21-26,28-29,32-33,44-50,52-53,62-64,72,79H,8-9,12,17,20,27,30-31,34-43H2,1-7H3,(H8-,76,77,78,80,81,82,83,84,90,91,92,93,94,95);(H,6,7)/t49-,50+,52-,53+,62-,63-,64-,72-;/m0./s1. The van der Waals surface area contributed by atoms with Gasteiger partial charge in [0.2, 0.25) is 35.4 Å². The number of rotatable bonds is 44. The number of primary amides is 2. The Kier molecular flexibility index (Phi) is 34.4. The number of halogens is 3. The van der Waals surface area contributed by atoms with Gasteiger partial charge in [-0.1, -0.05) is 116 Å². The maximum Gasteiger partial charge on any atom is 0.430 e. The molecule has 0 aliphatic heterocycles. The van der Waals surface area contributed by atoms with Crippen LogP contribution in [0.4, 0.5) is 13.2 Å². The van der Waals surface area contributed by atoms with Gasteiger partial charge in [-0.2, -0.15) is 13.2 Å². The molecule has 0 saturated carbocycles. The number of nitrogens with one attached hydrogen (secondary N) is 6. The number of para-hydroxylation sites is 1. The zero-order chi connectivity index (χ0) is 75.9. The predicted octanol–water partition coefficient (Wildman–Crippen LogP) is 9.22. The molecule has 0 saturated heterocycles. The minimum absolute atomic E-state index is 0.00215. The zero-order valence-electron chi connectivity index (χ0n) is 59.6. The number of hydrogen-bond acceptors (Lipinski definition) is 14. The van der Waals surface area contributed by atoms with E-state index >= 15 is 0 Å². The Morgan fingerprint density at radius 1 is 0.583 bits per heavy atom. The largest absolute Gasteiger partial charge is 0.542 e. The lowest BCUT2D eigenvalue weighted by atomic mass is 9.82. The van der Waals surface area contributed by atoms with Crippen molar-refractivity contribution in [2.75, 3.05) is 0 Å². The fourth-order valence-corrected chi connectivity index (χ4v) is 14.0. The minimum Gasteiger partial charge on any atom is -0.542 e. The van der Waals surface area contributed by atoms with Crippen LogP contribution >= 0.6 is 0 Å². The van der Waals surface area contributed by atoms with Crippen molar-refractivity contribution in [1.82, 2.24) is 36.2 Å². The second kappa shape index (κ2) is 42.1. The van der Waals surface area contributed by atoms with Gasteiger partial charge in [-0.15, -0.1) is 0 Å². The average molecular weight is 1450 g/mol.